The van der Waals surface area contributed by atoms with E-state index in [9.17, 15) is 14.3 Å². The number of nitrogens with one attached hydrogen (secondary N) is 1. The van der Waals surface area contributed by atoms with Gasteiger partial charge in [-0.05, 0) is 35.9 Å². The van der Waals surface area contributed by atoms with Gasteiger partial charge in [0.1, 0.15) is 18.1 Å². The monoisotopic (exact) mass is 340 g/mol. The zero-order chi connectivity index (χ0) is 17.4. The lowest BCUT2D eigenvalue weighted by Crippen LogP contribution is -3.08. The highest BCUT2D eigenvalue weighted by molar-refractivity contribution is 6.14. The summed E-state index contributed by atoms with van der Waals surface area (Å²) in [6.07, 6.45) is 3.89. The summed E-state index contributed by atoms with van der Waals surface area (Å²) in [6.45, 7) is 2.75. The number of rotatable bonds is 3. The first-order valence-corrected chi connectivity index (χ1v) is 8.50. The summed E-state index contributed by atoms with van der Waals surface area (Å²) in [5, 5.41) is 10.3. The number of ketones is 1. The molecule has 0 atom stereocenters. The van der Waals surface area contributed by atoms with Crippen molar-refractivity contribution in [2.75, 3.05) is 13.1 Å². The van der Waals surface area contributed by atoms with Crippen LogP contribution < -0.4 is 9.64 Å². The summed E-state index contributed by atoms with van der Waals surface area (Å²) in [7, 11) is 0. The third kappa shape index (κ3) is 3.03. The highest BCUT2D eigenvalue weighted by Gasteiger charge is 2.33. The standard InChI is InChI=1S/C20H18FNO3/c21-14-5-3-4-13(10-14)11-18-19(24)15-6-7-17(23)16(20(15)25-18)12-22-8-1-2-9-22/h3-7,10-11,23H,1-2,8-9,12H2/p+1/b18-11-. The van der Waals surface area contributed by atoms with E-state index in [1.165, 1.54) is 36.0 Å². The van der Waals surface area contributed by atoms with Crippen molar-refractivity contribution in [3.63, 3.8) is 0 Å². The number of carbonyl (C=O) groups excluding carboxylic acids is 1. The largest absolute Gasteiger partial charge is 0.507 e. The molecule has 4 nitrogen and oxygen atoms in total. The fraction of sp³-hybridized carbons (Fsp3) is 0.250. The van der Waals surface area contributed by atoms with Crippen LogP contribution in [-0.4, -0.2) is 24.0 Å². The van der Waals surface area contributed by atoms with Crippen LogP contribution in [0.2, 0.25) is 0 Å². The zero-order valence-electron chi connectivity index (χ0n) is 13.7. The van der Waals surface area contributed by atoms with Gasteiger partial charge in [-0.3, -0.25) is 4.79 Å². The fourth-order valence-electron chi connectivity index (χ4n) is 3.52. The number of benzene rings is 2. The van der Waals surface area contributed by atoms with Gasteiger partial charge in [-0.2, -0.15) is 0 Å². The molecule has 0 saturated carbocycles. The maximum atomic E-state index is 13.4. The van der Waals surface area contributed by atoms with Crippen molar-refractivity contribution >= 4 is 11.9 Å². The normalized spacial score (nSPS) is 18.6. The number of allylic oxidation sites excluding steroid dienone is 1. The maximum Gasteiger partial charge on any atom is 0.231 e. The quantitative estimate of drug-likeness (QED) is 0.843. The highest BCUT2D eigenvalue weighted by Crippen LogP contribution is 2.39. The summed E-state index contributed by atoms with van der Waals surface area (Å²) in [5.74, 6) is 0.138. The third-order valence-electron chi connectivity index (χ3n) is 4.80. The second-order valence-electron chi connectivity index (χ2n) is 6.57. The van der Waals surface area contributed by atoms with Crippen LogP contribution in [0.3, 0.4) is 0 Å². The van der Waals surface area contributed by atoms with Crippen molar-refractivity contribution in [1.29, 1.82) is 0 Å². The number of fused-ring (bicyclic) bond motifs is 1. The number of likely N-dealkylation sites (tertiary alicyclic amines) is 1. The van der Waals surface area contributed by atoms with Gasteiger partial charge in [0.2, 0.25) is 5.78 Å². The molecule has 1 fully saturated rings. The molecule has 2 aliphatic heterocycles. The Balaban J connectivity index is 1.68. The molecule has 0 bridgehead atoms. The average molecular weight is 340 g/mol. The summed E-state index contributed by atoms with van der Waals surface area (Å²) >= 11 is 0. The van der Waals surface area contributed by atoms with Gasteiger partial charge in [0.15, 0.2) is 11.5 Å². The van der Waals surface area contributed by atoms with Crippen molar-refractivity contribution in [2.45, 2.75) is 19.4 Å². The summed E-state index contributed by atoms with van der Waals surface area (Å²) in [4.78, 5) is 14.0. The van der Waals surface area contributed by atoms with Crippen LogP contribution in [0.5, 0.6) is 11.5 Å². The van der Waals surface area contributed by atoms with Gasteiger partial charge in [-0.25, -0.2) is 4.39 Å². The third-order valence-corrected chi connectivity index (χ3v) is 4.80. The summed E-state index contributed by atoms with van der Waals surface area (Å²) in [5.41, 5.74) is 1.69. The number of quaternary nitrogens is 1. The van der Waals surface area contributed by atoms with Crippen LogP contribution in [-0.2, 0) is 6.54 Å². The van der Waals surface area contributed by atoms with E-state index in [4.69, 9.17) is 4.74 Å². The summed E-state index contributed by atoms with van der Waals surface area (Å²) < 4.78 is 19.2. The first kappa shape index (κ1) is 15.8. The molecule has 0 aliphatic carbocycles. The smallest absolute Gasteiger partial charge is 0.231 e. The van der Waals surface area contributed by atoms with Crippen LogP contribution in [0.4, 0.5) is 4.39 Å². The van der Waals surface area contributed by atoms with E-state index in [1.807, 2.05) is 0 Å². The lowest BCUT2D eigenvalue weighted by Gasteiger charge is -2.15. The molecule has 2 aromatic rings. The number of phenols is 1. The van der Waals surface area contributed by atoms with Gasteiger partial charge >= 0.3 is 0 Å². The Morgan fingerprint density at radius 1 is 1.20 bits per heavy atom. The molecule has 2 aromatic carbocycles. The lowest BCUT2D eigenvalue weighted by molar-refractivity contribution is -0.901. The molecule has 0 aromatic heterocycles. The molecule has 2 aliphatic rings. The van der Waals surface area contributed by atoms with Gasteiger partial charge in [0.25, 0.3) is 0 Å². The number of aromatic hydroxyl groups is 1. The minimum Gasteiger partial charge on any atom is -0.507 e. The molecule has 2 heterocycles. The van der Waals surface area contributed by atoms with Crippen LogP contribution in [0.25, 0.3) is 6.08 Å². The van der Waals surface area contributed by atoms with Gasteiger partial charge in [0.05, 0.1) is 24.2 Å². The number of halogens is 1. The molecular formula is C20H19FNO3+. The number of phenolic OH excluding ortho intramolecular Hbond substituents is 1. The number of carbonyl (C=O) groups is 1. The van der Waals surface area contributed by atoms with E-state index in [0.29, 0.717) is 29.0 Å². The number of hydrogen-bond donors (Lipinski definition) is 2. The Hall–Kier alpha value is -2.66. The second-order valence-corrected chi connectivity index (χ2v) is 6.57. The molecular weight excluding hydrogens is 321 g/mol. The van der Waals surface area contributed by atoms with Crippen LogP contribution in [0, 0.1) is 5.82 Å². The van der Waals surface area contributed by atoms with Crippen molar-refractivity contribution in [3.8, 4) is 11.5 Å². The molecule has 25 heavy (non-hydrogen) atoms. The molecule has 1 saturated heterocycles. The van der Waals surface area contributed by atoms with E-state index < -0.39 is 0 Å². The van der Waals surface area contributed by atoms with Gasteiger partial charge in [-0.1, -0.05) is 12.1 Å². The molecule has 2 N–H and O–H groups in total. The first-order chi connectivity index (χ1) is 12.1. The Kier molecular flexibility index (Phi) is 4.01. The molecule has 4 rings (SSSR count). The molecule has 0 spiro atoms. The number of ether oxygens (including phenoxy) is 1. The second kappa shape index (κ2) is 6.33. The predicted octanol–water partition coefficient (Wildman–Crippen LogP) is 2.33. The van der Waals surface area contributed by atoms with Gasteiger partial charge in [-0.15, -0.1) is 0 Å². The summed E-state index contributed by atoms with van der Waals surface area (Å²) in [6, 6.07) is 9.13. The van der Waals surface area contributed by atoms with E-state index in [2.05, 4.69) is 0 Å². The van der Waals surface area contributed by atoms with E-state index in [0.717, 1.165) is 13.1 Å². The highest BCUT2D eigenvalue weighted by atomic mass is 19.1. The van der Waals surface area contributed by atoms with Crippen LogP contribution >= 0.6 is 0 Å². The molecule has 0 unspecified atom stereocenters. The van der Waals surface area contributed by atoms with Crippen molar-refractivity contribution in [3.05, 3.63) is 64.7 Å². The Bertz CT molecular complexity index is 869. The van der Waals surface area contributed by atoms with Crippen molar-refractivity contribution in [1.82, 2.24) is 0 Å². The SMILES string of the molecule is O=C1/C(=C/c2cccc(F)c2)Oc2c1ccc(O)c2C[NH+]1CCCC1. The zero-order valence-corrected chi connectivity index (χ0v) is 13.7. The Labute approximate surface area is 145 Å². The molecule has 0 radical (unpaired) electrons. The van der Waals surface area contributed by atoms with Crippen LogP contribution in [0.1, 0.15) is 34.3 Å². The minimum absolute atomic E-state index is 0.151. The number of Topliss-reactive ketones (excluding diaryl/α,β-unsaturated/α-hetero) is 1. The van der Waals surface area contributed by atoms with E-state index in [1.54, 1.807) is 24.3 Å². The van der Waals surface area contributed by atoms with E-state index in [-0.39, 0.29) is 23.1 Å². The predicted molar refractivity (Wildman–Crippen MR) is 91.1 cm³/mol. The Morgan fingerprint density at radius 3 is 2.76 bits per heavy atom. The van der Waals surface area contributed by atoms with Crippen molar-refractivity contribution in [2.24, 2.45) is 0 Å². The molecule has 128 valence electrons. The first-order valence-electron chi connectivity index (χ1n) is 8.50. The maximum absolute atomic E-state index is 13.4. The topological polar surface area (TPSA) is 51.0 Å². The fourth-order valence-corrected chi connectivity index (χ4v) is 3.52. The average Bonchev–Trinajstić information content (AvgIpc) is 3.20. The Morgan fingerprint density at radius 2 is 2.00 bits per heavy atom. The van der Waals surface area contributed by atoms with E-state index >= 15 is 0 Å². The minimum atomic E-state index is -0.367. The number of hydrogen-bond acceptors (Lipinski definition) is 3. The van der Waals surface area contributed by atoms with Crippen molar-refractivity contribution < 1.29 is 23.9 Å². The van der Waals surface area contributed by atoms with Gasteiger partial charge in [0, 0.05) is 12.8 Å². The molecule has 5 heteroatoms. The lowest BCUT2D eigenvalue weighted by atomic mass is 10.0. The van der Waals surface area contributed by atoms with Crippen LogP contribution in [0.15, 0.2) is 42.2 Å². The molecule has 0 amide bonds. The van der Waals surface area contributed by atoms with Gasteiger partial charge < -0.3 is 14.7 Å².